The van der Waals surface area contributed by atoms with Crippen LogP contribution < -0.4 is 5.32 Å². The number of phenolic OH excluding ortho intramolecular Hbond substituents is 1. The lowest BCUT2D eigenvalue weighted by Crippen LogP contribution is -2.47. The summed E-state index contributed by atoms with van der Waals surface area (Å²) in [5, 5.41) is 19.1. The molecule has 1 atom stereocenters. The number of benzene rings is 1. The number of hydrogen-bond donors (Lipinski definition) is 3. The minimum absolute atomic E-state index is 0.137. The number of phenols is 1. The second-order valence-electron chi connectivity index (χ2n) is 3.97. The number of halogens is 5. The van der Waals surface area contributed by atoms with Gasteiger partial charge in [-0.15, -0.1) is 0 Å². The third-order valence-corrected chi connectivity index (χ3v) is 2.95. The lowest BCUT2D eigenvalue weighted by atomic mass is 10.1. The van der Waals surface area contributed by atoms with Gasteiger partial charge in [-0.05, 0) is 17.7 Å². The summed E-state index contributed by atoms with van der Waals surface area (Å²) < 4.78 is 36.3. The van der Waals surface area contributed by atoms with Crippen molar-refractivity contribution >= 4 is 35.1 Å². The van der Waals surface area contributed by atoms with Crippen LogP contribution in [0.1, 0.15) is 5.56 Å². The van der Waals surface area contributed by atoms with Crippen LogP contribution in [0.2, 0.25) is 10.0 Å². The standard InChI is InChI=1S/C11H8Cl2F3NO4/c12-5-1-4(2-6(13)8(5)18)3-7(9(19)20)17-10(21)11(14,15)16/h1-2,7,18H,3H2,(H,17,21)(H,19,20)/t7-/m0/s1. The fraction of sp³-hybridized carbons (Fsp3) is 0.273. The van der Waals surface area contributed by atoms with Gasteiger partial charge in [0.1, 0.15) is 6.04 Å². The molecule has 0 radical (unpaired) electrons. The monoisotopic (exact) mass is 345 g/mol. The normalized spacial score (nSPS) is 12.8. The molecule has 1 rings (SSSR count). The molecule has 21 heavy (non-hydrogen) atoms. The largest absolute Gasteiger partial charge is 0.505 e. The van der Waals surface area contributed by atoms with Gasteiger partial charge >= 0.3 is 18.1 Å². The average molecular weight is 346 g/mol. The van der Waals surface area contributed by atoms with Crippen molar-refractivity contribution in [3.8, 4) is 5.75 Å². The minimum atomic E-state index is -5.20. The zero-order valence-corrected chi connectivity index (χ0v) is 11.6. The van der Waals surface area contributed by atoms with Gasteiger partial charge in [0, 0.05) is 6.42 Å². The highest BCUT2D eigenvalue weighted by Gasteiger charge is 2.40. The highest BCUT2D eigenvalue weighted by Crippen LogP contribution is 2.33. The number of aliphatic carboxylic acids is 1. The van der Waals surface area contributed by atoms with Crippen molar-refractivity contribution in [3.63, 3.8) is 0 Å². The van der Waals surface area contributed by atoms with Crippen LogP contribution in [0.4, 0.5) is 13.2 Å². The quantitative estimate of drug-likeness (QED) is 0.781. The second kappa shape index (κ2) is 6.40. The molecule has 0 bridgehead atoms. The van der Waals surface area contributed by atoms with Crippen molar-refractivity contribution in [1.29, 1.82) is 0 Å². The zero-order valence-electron chi connectivity index (χ0n) is 10.0. The summed E-state index contributed by atoms with van der Waals surface area (Å²) in [6.07, 6.45) is -5.69. The van der Waals surface area contributed by atoms with Crippen LogP contribution in [-0.4, -0.2) is 34.3 Å². The maximum Gasteiger partial charge on any atom is 0.471 e. The Kier molecular flexibility index (Phi) is 5.30. The first-order chi connectivity index (χ1) is 9.52. The van der Waals surface area contributed by atoms with Crippen LogP contribution in [0, 0.1) is 0 Å². The molecule has 1 aromatic carbocycles. The fourth-order valence-corrected chi connectivity index (χ4v) is 1.94. The van der Waals surface area contributed by atoms with Gasteiger partial charge < -0.3 is 15.5 Å². The number of aromatic hydroxyl groups is 1. The highest BCUT2D eigenvalue weighted by atomic mass is 35.5. The van der Waals surface area contributed by atoms with Crippen molar-refractivity contribution in [2.75, 3.05) is 0 Å². The van der Waals surface area contributed by atoms with Crippen molar-refractivity contribution in [2.45, 2.75) is 18.6 Å². The van der Waals surface area contributed by atoms with Gasteiger partial charge in [-0.1, -0.05) is 23.2 Å². The number of carbonyl (C=O) groups excluding carboxylic acids is 1. The number of hydrogen-bond acceptors (Lipinski definition) is 3. The predicted molar refractivity (Wildman–Crippen MR) is 67.5 cm³/mol. The maximum absolute atomic E-state index is 12.1. The molecule has 0 unspecified atom stereocenters. The molecule has 3 N–H and O–H groups in total. The molecule has 0 saturated carbocycles. The maximum atomic E-state index is 12.1. The van der Waals surface area contributed by atoms with Gasteiger partial charge in [-0.3, -0.25) is 4.79 Å². The van der Waals surface area contributed by atoms with E-state index in [1.54, 1.807) is 0 Å². The summed E-state index contributed by atoms with van der Waals surface area (Å²) in [6, 6.07) is 0.451. The Balaban J connectivity index is 2.95. The molecule has 0 fully saturated rings. The molecule has 0 aromatic heterocycles. The smallest absolute Gasteiger partial charge is 0.471 e. The summed E-state index contributed by atoms with van der Waals surface area (Å²) in [4.78, 5) is 21.7. The second-order valence-corrected chi connectivity index (χ2v) is 4.79. The van der Waals surface area contributed by atoms with Gasteiger partial charge in [0.15, 0.2) is 5.75 Å². The molecule has 10 heteroatoms. The first-order valence-electron chi connectivity index (χ1n) is 5.29. The Morgan fingerprint density at radius 1 is 1.24 bits per heavy atom. The first kappa shape index (κ1) is 17.4. The zero-order chi connectivity index (χ0) is 16.4. The summed E-state index contributed by atoms with van der Waals surface area (Å²) in [5.74, 6) is -4.47. The van der Waals surface area contributed by atoms with E-state index >= 15 is 0 Å². The van der Waals surface area contributed by atoms with E-state index in [0.29, 0.717) is 0 Å². The highest BCUT2D eigenvalue weighted by molar-refractivity contribution is 6.37. The topological polar surface area (TPSA) is 86.6 Å². The molecule has 0 aliphatic carbocycles. The molecule has 0 aliphatic rings. The summed E-state index contributed by atoms with van der Waals surface area (Å²) >= 11 is 11.2. The lowest BCUT2D eigenvalue weighted by Gasteiger charge is -2.16. The Morgan fingerprint density at radius 2 is 1.71 bits per heavy atom. The number of alkyl halides is 3. The van der Waals surface area contributed by atoms with E-state index < -0.39 is 36.3 Å². The minimum Gasteiger partial charge on any atom is -0.505 e. The fourth-order valence-electron chi connectivity index (χ4n) is 1.41. The average Bonchev–Trinajstić information content (AvgIpc) is 2.33. The van der Waals surface area contributed by atoms with E-state index in [9.17, 15) is 27.9 Å². The van der Waals surface area contributed by atoms with E-state index in [0.717, 1.165) is 12.1 Å². The van der Waals surface area contributed by atoms with Gasteiger partial charge in [0.05, 0.1) is 10.0 Å². The summed E-state index contributed by atoms with van der Waals surface area (Å²) in [7, 11) is 0. The molecule has 0 aliphatic heterocycles. The first-order valence-corrected chi connectivity index (χ1v) is 6.05. The SMILES string of the molecule is O=C(O)[C@H](Cc1cc(Cl)c(O)c(Cl)c1)NC(=O)C(F)(F)F. The Morgan fingerprint density at radius 3 is 2.10 bits per heavy atom. The van der Waals surface area contributed by atoms with Gasteiger partial charge in [-0.25, -0.2) is 4.79 Å². The number of carboxylic acid groups (broad SMARTS) is 1. The molecule has 116 valence electrons. The molecular formula is C11H8Cl2F3NO4. The van der Waals surface area contributed by atoms with Gasteiger partial charge in [0.25, 0.3) is 0 Å². The summed E-state index contributed by atoms with van der Waals surface area (Å²) in [6.45, 7) is 0. The molecule has 0 spiro atoms. The predicted octanol–water partition coefficient (Wildman–Crippen LogP) is 2.37. The number of nitrogens with one attached hydrogen (secondary N) is 1. The Hall–Kier alpha value is -1.67. The van der Waals surface area contributed by atoms with E-state index in [1.807, 2.05) is 0 Å². The lowest BCUT2D eigenvalue weighted by molar-refractivity contribution is -0.175. The van der Waals surface area contributed by atoms with Crippen LogP contribution >= 0.6 is 23.2 Å². The van der Waals surface area contributed by atoms with Crippen molar-refractivity contribution < 1.29 is 33.0 Å². The van der Waals surface area contributed by atoms with Gasteiger partial charge in [-0.2, -0.15) is 13.2 Å². The molecule has 0 heterocycles. The molecule has 5 nitrogen and oxygen atoms in total. The third-order valence-electron chi connectivity index (χ3n) is 2.38. The third kappa shape index (κ3) is 4.68. The molecule has 0 saturated heterocycles. The molecule has 1 amide bonds. The summed E-state index contributed by atoms with van der Waals surface area (Å²) in [5.41, 5.74) is 0.137. The van der Waals surface area contributed by atoms with Crippen molar-refractivity contribution in [1.82, 2.24) is 5.32 Å². The van der Waals surface area contributed by atoms with Crippen LogP contribution in [-0.2, 0) is 16.0 Å². The van der Waals surface area contributed by atoms with Crippen LogP contribution in [0.15, 0.2) is 12.1 Å². The van der Waals surface area contributed by atoms with E-state index in [-0.39, 0.29) is 15.6 Å². The van der Waals surface area contributed by atoms with Crippen LogP contribution in [0.3, 0.4) is 0 Å². The Bertz CT molecular complexity index is 554. The van der Waals surface area contributed by atoms with E-state index in [1.165, 1.54) is 5.32 Å². The van der Waals surface area contributed by atoms with Crippen molar-refractivity contribution in [2.24, 2.45) is 0 Å². The number of rotatable bonds is 4. The van der Waals surface area contributed by atoms with E-state index in [2.05, 4.69) is 0 Å². The number of carbonyl (C=O) groups is 2. The number of amides is 1. The molecule has 1 aromatic rings. The van der Waals surface area contributed by atoms with Crippen molar-refractivity contribution in [3.05, 3.63) is 27.7 Å². The Labute approximate surface area is 126 Å². The van der Waals surface area contributed by atoms with Gasteiger partial charge in [0.2, 0.25) is 0 Å². The number of carboxylic acids is 1. The van der Waals surface area contributed by atoms with Crippen LogP contribution in [0.5, 0.6) is 5.75 Å². The van der Waals surface area contributed by atoms with Crippen LogP contribution in [0.25, 0.3) is 0 Å². The van der Waals surface area contributed by atoms with E-state index in [4.69, 9.17) is 28.3 Å². The molecular weight excluding hydrogens is 338 g/mol.